The molecule has 4 rings (SSSR count). The van der Waals surface area contributed by atoms with Crippen molar-refractivity contribution in [3.05, 3.63) is 17.8 Å². The van der Waals surface area contributed by atoms with E-state index in [-0.39, 0.29) is 11.3 Å². The second kappa shape index (κ2) is 9.57. The van der Waals surface area contributed by atoms with Gasteiger partial charge in [0.2, 0.25) is 5.91 Å². The maximum Gasteiger partial charge on any atom is 0.490 e. The van der Waals surface area contributed by atoms with Gasteiger partial charge in [-0.2, -0.15) is 13.2 Å². The molecular formula is C20H25F3N4O4S. The number of thiophene rings is 1. The molecule has 2 aromatic heterocycles. The van der Waals surface area contributed by atoms with Crippen molar-refractivity contribution in [1.29, 1.82) is 0 Å². The predicted octanol–water partition coefficient (Wildman–Crippen LogP) is 3.04. The van der Waals surface area contributed by atoms with Crippen LogP contribution < -0.4 is 4.90 Å². The fraction of sp³-hybridized carbons (Fsp3) is 0.600. The fourth-order valence-corrected chi connectivity index (χ4v) is 4.83. The molecule has 0 aliphatic carbocycles. The Labute approximate surface area is 187 Å². The minimum Gasteiger partial charge on any atom is -0.475 e. The van der Waals surface area contributed by atoms with Gasteiger partial charge >= 0.3 is 12.1 Å². The van der Waals surface area contributed by atoms with Crippen molar-refractivity contribution >= 4 is 39.2 Å². The van der Waals surface area contributed by atoms with Gasteiger partial charge in [-0.3, -0.25) is 4.79 Å². The van der Waals surface area contributed by atoms with Gasteiger partial charge in [0.05, 0.1) is 23.4 Å². The van der Waals surface area contributed by atoms with Crippen LogP contribution in [0.4, 0.5) is 19.0 Å². The van der Waals surface area contributed by atoms with Crippen LogP contribution in [0.5, 0.6) is 0 Å². The number of carboxylic acids is 1. The summed E-state index contributed by atoms with van der Waals surface area (Å²) in [5, 5.41) is 9.18. The largest absolute Gasteiger partial charge is 0.490 e. The van der Waals surface area contributed by atoms with Gasteiger partial charge in [-0.05, 0) is 17.4 Å². The first-order chi connectivity index (χ1) is 15.0. The van der Waals surface area contributed by atoms with E-state index >= 15 is 0 Å². The molecule has 1 N–H and O–H groups in total. The summed E-state index contributed by atoms with van der Waals surface area (Å²) in [4.78, 5) is 34.6. The maximum absolute atomic E-state index is 12.5. The number of carbonyl (C=O) groups is 2. The molecule has 2 aromatic rings. The number of anilines is 1. The van der Waals surface area contributed by atoms with Crippen molar-refractivity contribution in [1.82, 2.24) is 14.9 Å². The highest BCUT2D eigenvalue weighted by molar-refractivity contribution is 7.17. The SMILES string of the molecule is CC(C)CN1CC2(COCCN(c3ncnc4ccsc34)C2)CC1=O.O=C(O)C(F)(F)F. The van der Waals surface area contributed by atoms with Gasteiger partial charge < -0.3 is 19.6 Å². The molecule has 1 spiro atoms. The molecule has 2 aliphatic heterocycles. The van der Waals surface area contributed by atoms with Crippen molar-refractivity contribution in [3.8, 4) is 0 Å². The zero-order valence-corrected chi connectivity index (χ0v) is 18.6. The Hall–Kier alpha value is -2.47. The summed E-state index contributed by atoms with van der Waals surface area (Å²) in [6.45, 7) is 8.81. The zero-order chi connectivity index (χ0) is 23.5. The number of carbonyl (C=O) groups excluding carboxylic acids is 1. The molecule has 4 heterocycles. The number of rotatable bonds is 3. The molecule has 2 saturated heterocycles. The van der Waals surface area contributed by atoms with E-state index in [1.54, 1.807) is 17.7 Å². The number of ether oxygens (including phenoxy) is 1. The molecule has 32 heavy (non-hydrogen) atoms. The normalized spacial score (nSPS) is 21.8. The van der Waals surface area contributed by atoms with Crippen LogP contribution in [0.25, 0.3) is 10.2 Å². The van der Waals surface area contributed by atoms with Crippen LogP contribution >= 0.6 is 11.3 Å². The summed E-state index contributed by atoms with van der Waals surface area (Å²) < 4.78 is 38.8. The fourth-order valence-electron chi connectivity index (χ4n) is 3.97. The van der Waals surface area contributed by atoms with Gasteiger partial charge in [0.1, 0.15) is 12.1 Å². The van der Waals surface area contributed by atoms with Gasteiger partial charge in [0.15, 0.2) is 0 Å². The van der Waals surface area contributed by atoms with E-state index in [9.17, 15) is 18.0 Å². The van der Waals surface area contributed by atoms with Crippen LogP contribution in [-0.4, -0.2) is 77.4 Å². The average Bonchev–Trinajstić information content (AvgIpc) is 3.22. The maximum atomic E-state index is 12.5. The van der Waals surface area contributed by atoms with Crippen molar-refractivity contribution in [2.75, 3.05) is 44.3 Å². The van der Waals surface area contributed by atoms with Crippen LogP contribution in [0.15, 0.2) is 17.8 Å². The van der Waals surface area contributed by atoms with Crippen LogP contribution in [0, 0.1) is 11.3 Å². The number of aliphatic carboxylic acids is 1. The van der Waals surface area contributed by atoms with Crippen molar-refractivity contribution < 1.29 is 32.6 Å². The Morgan fingerprint density at radius 1 is 1.34 bits per heavy atom. The Morgan fingerprint density at radius 2 is 2.06 bits per heavy atom. The lowest BCUT2D eigenvalue weighted by Gasteiger charge is -2.32. The van der Waals surface area contributed by atoms with Gasteiger partial charge in [-0.1, -0.05) is 13.8 Å². The predicted molar refractivity (Wildman–Crippen MR) is 113 cm³/mol. The second-order valence-corrected chi connectivity index (χ2v) is 9.37. The standard InChI is InChI=1S/C18H24N4O2S.C2HF3O2/c1-13(2)8-22-10-18(7-15(22)23)9-21(4-5-24-11-18)17-16-14(3-6-25-16)19-12-20-17;3-2(4,5)1(6)7/h3,6,12-13H,4-5,7-11H2,1-2H3;(H,6,7). The van der Waals surface area contributed by atoms with Crippen LogP contribution in [-0.2, 0) is 14.3 Å². The third-order valence-corrected chi connectivity index (χ3v) is 6.10. The molecule has 1 amide bonds. The molecule has 2 aliphatic rings. The molecule has 0 radical (unpaired) electrons. The molecule has 0 aromatic carbocycles. The quantitative estimate of drug-likeness (QED) is 0.731. The number of amides is 1. The summed E-state index contributed by atoms with van der Waals surface area (Å²) in [6, 6.07) is 2.03. The van der Waals surface area contributed by atoms with E-state index in [1.165, 1.54) is 0 Å². The van der Waals surface area contributed by atoms with Crippen molar-refractivity contribution in [2.45, 2.75) is 26.4 Å². The zero-order valence-electron chi connectivity index (χ0n) is 17.8. The van der Waals surface area contributed by atoms with Crippen LogP contribution in [0.2, 0.25) is 0 Å². The second-order valence-electron chi connectivity index (χ2n) is 8.45. The van der Waals surface area contributed by atoms with Crippen molar-refractivity contribution in [3.63, 3.8) is 0 Å². The number of hydrogen-bond donors (Lipinski definition) is 1. The number of hydrogen-bond acceptors (Lipinski definition) is 7. The number of aromatic nitrogens is 2. The third kappa shape index (κ3) is 5.66. The van der Waals surface area contributed by atoms with Crippen LogP contribution in [0.3, 0.4) is 0 Å². The van der Waals surface area contributed by atoms with E-state index in [0.29, 0.717) is 25.6 Å². The summed E-state index contributed by atoms with van der Waals surface area (Å²) in [7, 11) is 0. The smallest absolute Gasteiger partial charge is 0.475 e. The molecule has 2 fully saturated rings. The first-order valence-corrected chi connectivity index (χ1v) is 11.0. The van der Waals surface area contributed by atoms with Gasteiger partial charge in [-0.15, -0.1) is 11.3 Å². The number of fused-ring (bicyclic) bond motifs is 1. The first-order valence-electron chi connectivity index (χ1n) is 10.1. The molecule has 0 bridgehead atoms. The number of likely N-dealkylation sites (tertiary alicyclic amines) is 1. The third-order valence-electron chi connectivity index (χ3n) is 5.20. The molecule has 0 saturated carbocycles. The van der Waals surface area contributed by atoms with Crippen LogP contribution in [0.1, 0.15) is 20.3 Å². The number of carboxylic acid groups (broad SMARTS) is 1. The lowest BCUT2D eigenvalue weighted by molar-refractivity contribution is -0.192. The highest BCUT2D eigenvalue weighted by Gasteiger charge is 2.46. The van der Waals surface area contributed by atoms with E-state index in [0.717, 1.165) is 42.2 Å². The molecule has 12 heteroatoms. The van der Waals surface area contributed by atoms with Gasteiger partial charge in [0, 0.05) is 38.0 Å². The lowest BCUT2D eigenvalue weighted by Crippen LogP contribution is -2.41. The highest BCUT2D eigenvalue weighted by atomic mass is 32.1. The highest BCUT2D eigenvalue weighted by Crippen LogP contribution is 2.37. The van der Waals surface area contributed by atoms with Gasteiger partial charge in [-0.25, -0.2) is 14.8 Å². The van der Waals surface area contributed by atoms with E-state index in [2.05, 4.69) is 34.1 Å². The van der Waals surface area contributed by atoms with E-state index < -0.39 is 12.1 Å². The van der Waals surface area contributed by atoms with Crippen molar-refractivity contribution in [2.24, 2.45) is 11.3 Å². The minimum absolute atomic E-state index is 0.142. The molecule has 1 unspecified atom stereocenters. The average molecular weight is 475 g/mol. The minimum atomic E-state index is -5.08. The lowest BCUT2D eigenvalue weighted by atomic mass is 9.87. The molecule has 176 valence electrons. The van der Waals surface area contributed by atoms with E-state index in [4.69, 9.17) is 14.6 Å². The summed E-state index contributed by atoms with van der Waals surface area (Å²) >= 11 is 1.67. The summed E-state index contributed by atoms with van der Waals surface area (Å²) in [5.41, 5.74) is 0.843. The van der Waals surface area contributed by atoms with E-state index in [1.807, 2.05) is 11.0 Å². The first kappa shape index (κ1) is 24.2. The summed E-state index contributed by atoms with van der Waals surface area (Å²) in [5.74, 6) is -1.05. The van der Waals surface area contributed by atoms with Gasteiger partial charge in [0.25, 0.3) is 0 Å². The number of halogens is 3. The Kier molecular flexibility index (Phi) is 7.23. The molecule has 8 nitrogen and oxygen atoms in total. The molecular weight excluding hydrogens is 449 g/mol. The topological polar surface area (TPSA) is 95.9 Å². The Morgan fingerprint density at radius 3 is 2.72 bits per heavy atom. The number of nitrogens with zero attached hydrogens (tertiary/aromatic N) is 4. The Bertz CT molecular complexity index is 968. The number of alkyl halides is 3. The summed E-state index contributed by atoms with van der Waals surface area (Å²) in [6.07, 6.45) is -2.89. The monoisotopic (exact) mass is 474 g/mol. The Balaban J connectivity index is 0.000000360. The molecule has 1 atom stereocenters.